The van der Waals surface area contributed by atoms with E-state index < -0.39 is 57.5 Å². The van der Waals surface area contributed by atoms with Gasteiger partial charge in [0.15, 0.2) is 30.1 Å². The van der Waals surface area contributed by atoms with Crippen LogP contribution in [-0.4, -0.2) is 52.4 Å². The maximum Gasteiger partial charge on any atom is 0.294 e. The fourth-order valence-electron chi connectivity index (χ4n) is 8.40. The summed E-state index contributed by atoms with van der Waals surface area (Å²) in [5, 5.41) is 20.8. The number of allylic oxidation sites excluding steroid dienone is 4. The van der Waals surface area contributed by atoms with E-state index in [1.165, 1.54) is 6.08 Å². The Morgan fingerprint density at radius 3 is 2.68 bits per heavy atom. The van der Waals surface area contributed by atoms with E-state index in [4.69, 9.17) is 14.3 Å². The molecule has 5 rings (SSSR count). The van der Waals surface area contributed by atoms with Crippen molar-refractivity contribution in [2.24, 2.45) is 28.6 Å². The van der Waals surface area contributed by atoms with Crippen molar-refractivity contribution in [2.45, 2.75) is 83.4 Å². The number of Topliss-reactive ketones (excluding diaryl/α,β-unsaturated/α-hetero) is 1. The van der Waals surface area contributed by atoms with E-state index in [0.717, 1.165) is 12.0 Å². The quantitative estimate of drug-likeness (QED) is 0.344. The van der Waals surface area contributed by atoms with Crippen molar-refractivity contribution >= 4 is 11.6 Å². The third-order valence-electron chi connectivity index (χ3n) is 9.73. The molecular weight excluding hydrogens is 488 g/mol. The maximum atomic E-state index is 13.7. The van der Waals surface area contributed by atoms with Gasteiger partial charge in [-0.3, -0.25) is 9.59 Å². The Balaban J connectivity index is 1.59. The highest BCUT2D eigenvalue weighted by Crippen LogP contribution is 2.70. The summed E-state index contributed by atoms with van der Waals surface area (Å²) >= 11 is 0. The van der Waals surface area contributed by atoms with E-state index in [2.05, 4.69) is 4.84 Å². The minimum Gasteiger partial charge on any atom is -0.346 e. The molecule has 0 N–H and O–H groups in total. The summed E-state index contributed by atoms with van der Waals surface area (Å²) in [7, 11) is 0. The van der Waals surface area contributed by atoms with Crippen LogP contribution < -0.4 is 0 Å². The van der Waals surface area contributed by atoms with Gasteiger partial charge in [0, 0.05) is 16.7 Å². The van der Waals surface area contributed by atoms with E-state index in [1.54, 1.807) is 6.08 Å². The molecule has 12 nitrogen and oxygen atoms in total. The molecule has 1 unspecified atom stereocenters. The fourth-order valence-corrected chi connectivity index (χ4v) is 8.40. The number of rotatable bonds is 8. The van der Waals surface area contributed by atoms with Crippen molar-refractivity contribution in [1.82, 2.24) is 0 Å². The van der Waals surface area contributed by atoms with Gasteiger partial charge in [0.25, 0.3) is 10.2 Å². The topological polar surface area (TPSA) is 157 Å². The predicted octanol–water partition coefficient (Wildman–Crippen LogP) is 3.15. The Morgan fingerprint density at radius 2 is 2.00 bits per heavy atom. The SMILES string of the molecule is CCCC1O[C@@H]2C[C@H]3[C@@H]4CCC5=CC(=O)C=C[C@]5(C)[C@H]4[C@@H](O[N+](=O)[O-])C[C@]3(C)[C@]2(C(=O)CO[N+](=O)[O-])O1. The van der Waals surface area contributed by atoms with Crippen LogP contribution in [0, 0.1) is 48.8 Å². The zero-order valence-corrected chi connectivity index (χ0v) is 21.1. The van der Waals surface area contributed by atoms with Gasteiger partial charge < -0.3 is 19.1 Å². The predicted molar refractivity (Wildman–Crippen MR) is 125 cm³/mol. The monoisotopic (exact) mass is 520 g/mol. The van der Waals surface area contributed by atoms with Crippen molar-refractivity contribution in [3.63, 3.8) is 0 Å². The van der Waals surface area contributed by atoms with Crippen molar-refractivity contribution in [3.05, 3.63) is 44.0 Å². The fraction of sp³-hybridized carbons (Fsp3) is 0.760. The average molecular weight is 521 g/mol. The van der Waals surface area contributed by atoms with E-state index in [-0.39, 0.29) is 30.0 Å². The molecule has 0 spiro atoms. The summed E-state index contributed by atoms with van der Waals surface area (Å²) in [5.41, 5.74) is -2.19. The molecule has 202 valence electrons. The van der Waals surface area contributed by atoms with Gasteiger partial charge in [-0.25, -0.2) is 0 Å². The minimum atomic E-state index is -1.55. The van der Waals surface area contributed by atoms with Crippen molar-refractivity contribution in [3.8, 4) is 0 Å². The van der Waals surface area contributed by atoms with Gasteiger partial charge in [-0.15, -0.1) is 20.2 Å². The molecule has 0 amide bonds. The van der Waals surface area contributed by atoms with Crippen LogP contribution >= 0.6 is 0 Å². The summed E-state index contributed by atoms with van der Waals surface area (Å²) in [6, 6.07) is 0. The highest BCUT2D eigenvalue weighted by molar-refractivity contribution is 6.01. The van der Waals surface area contributed by atoms with Crippen molar-refractivity contribution in [2.75, 3.05) is 6.61 Å². The van der Waals surface area contributed by atoms with Crippen LogP contribution in [0.3, 0.4) is 0 Å². The number of nitrogens with zero attached hydrogens (tertiary/aromatic N) is 2. The summed E-state index contributed by atoms with van der Waals surface area (Å²) in [6.45, 7) is 5.03. The second-order valence-corrected chi connectivity index (χ2v) is 11.4. The van der Waals surface area contributed by atoms with E-state index in [9.17, 15) is 29.8 Å². The lowest BCUT2D eigenvalue weighted by atomic mass is 9.46. The van der Waals surface area contributed by atoms with Crippen LogP contribution in [0.15, 0.2) is 23.8 Å². The Hall–Kier alpha value is -2.86. The van der Waals surface area contributed by atoms with Crippen LogP contribution in [0.2, 0.25) is 0 Å². The van der Waals surface area contributed by atoms with Gasteiger partial charge in [0.05, 0.1) is 6.10 Å². The van der Waals surface area contributed by atoms with Crippen LogP contribution in [-0.2, 0) is 28.7 Å². The van der Waals surface area contributed by atoms with Crippen LogP contribution in [0.1, 0.15) is 59.3 Å². The maximum absolute atomic E-state index is 13.7. The summed E-state index contributed by atoms with van der Waals surface area (Å²) in [4.78, 5) is 58.3. The Kier molecular flexibility index (Phi) is 6.18. The smallest absolute Gasteiger partial charge is 0.294 e. The molecule has 1 heterocycles. The minimum absolute atomic E-state index is 0.0905. The van der Waals surface area contributed by atoms with E-state index >= 15 is 0 Å². The largest absolute Gasteiger partial charge is 0.346 e. The average Bonchev–Trinajstić information content (AvgIpc) is 3.29. The summed E-state index contributed by atoms with van der Waals surface area (Å²) in [6.07, 6.45) is 5.93. The molecule has 37 heavy (non-hydrogen) atoms. The number of hydrogen-bond donors (Lipinski definition) is 0. The first kappa shape index (κ1) is 25.8. The van der Waals surface area contributed by atoms with Gasteiger partial charge in [0.1, 0.15) is 6.10 Å². The lowest BCUT2D eigenvalue weighted by Gasteiger charge is -2.60. The third-order valence-corrected chi connectivity index (χ3v) is 9.73. The molecule has 4 fully saturated rings. The molecule has 4 aliphatic carbocycles. The molecular formula is C25H32N2O10. The Labute approximate surface area is 213 Å². The normalized spacial score (nSPS) is 43.6. The third kappa shape index (κ3) is 3.70. The number of carbonyl (C=O) groups is 2. The summed E-state index contributed by atoms with van der Waals surface area (Å²) < 4.78 is 12.6. The van der Waals surface area contributed by atoms with Gasteiger partial charge in [-0.1, -0.05) is 38.8 Å². The van der Waals surface area contributed by atoms with Crippen molar-refractivity contribution in [1.29, 1.82) is 0 Å². The van der Waals surface area contributed by atoms with Gasteiger partial charge >= 0.3 is 0 Å². The van der Waals surface area contributed by atoms with Gasteiger partial charge in [-0.2, -0.15) is 0 Å². The van der Waals surface area contributed by atoms with Crippen LogP contribution in [0.5, 0.6) is 0 Å². The molecule has 0 bridgehead atoms. The van der Waals surface area contributed by atoms with E-state index in [1.807, 2.05) is 26.8 Å². The number of fused-ring (bicyclic) bond motifs is 7. The lowest BCUT2D eigenvalue weighted by Crippen LogP contribution is -2.64. The summed E-state index contributed by atoms with van der Waals surface area (Å²) in [5.74, 6) is -1.23. The van der Waals surface area contributed by atoms with Gasteiger partial charge in [0.2, 0.25) is 0 Å². The van der Waals surface area contributed by atoms with Crippen molar-refractivity contribution < 1.29 is 38.9 Å². The van der Waals surface area contributed by atoms with Gasteiger partial charge in [-0.05, 0) is 56.1 Å². The molecule has 9 atom stereocenters. The molecule has 1 aliphatic heterocycles. The number of hydrogen-bond acceptors (Lipinski definition) is 10. The van der Waals surface area contributed by atoms with Crippen LogP contribution in [0.25, 0.3) is 0 Å². The van der Waals surface area contributed by atoms with Crippen LogP contribution in [0.4, 0.5) is 0 Å². The highest BCUT2D eigenvalue weighted by Gasteiger charge is 2.76. The first-order valence-corrected chi connectivity index (χ1v) is 12.9. The lowest BCUT2D eigenvalue weighted by molar-refractivity contribution is -0.773. The Bertz CT molecular complexity index is 1090. The molecule has 12 heteroatoms. The standard InChI is InChI=1S/C25H32N2O10/c1-4-5-21-35-20-11-17-16-7-6-14-10-15(28)8-9-23(14,2)22(16)18(37-27(32)33)12-24(17,3)25(20,36-21)19(29)13-34-26(30)31/h8-10,16-18,20-22H,4-7,11-13H2,1-3H3/t16-,17-,18-,20+,21?,22+,23-,24-,25+/m0/s1. The molecule has 0 aromatic rings. The molecule has 0 aromatic heterocycles. The molecule has 0 aromatic carbocycles. The molecule has 3 saturated carbocycles. The second-order valence-electron chi connectivity index (χ2n) is 11.4. The zero-order chi connectivity index (χ0) is 26.8. The zero-order valence-electron chi connectivity index (χ0n) is 21.1. The first-order valence-electron chi connectivity index (χ1n) is 12.9. The first-order chi connectivity index (χ1) is 17.5. The van der Waals surface area contributed by atoms with E-state index in [0.29, 0.717) is 25.7 Å². The number of carbonyl (C=O) groups excluding carboxylic acids is 2. The number of ketones is 2. The highest BCUT2D eigenvalue weighted by atomic mass is 17.0. The number of ether oxygens (including phenoxy) is 2. The second kappa shape index (κ2) is 8.87. The molecule has 5 aliphatic rings. The molecule has 0 radical (unpaired) electrons. The Morgan fingerprint density at radius 1 is 1.24 bits per heavy atom. The molecule has 1 saturated heterocycles.